The van der Waals surface area contributed by atoms with Gasteiger partial charge in [-0.1, -0.05) is 6.07 Å². The summed E-state index contributed by atoms with van der Waals surface area (Å²) >= 11 is 0. The third-order valence-electron chi connectivity index (χ3n) is 2.12. The largest absolute Gasteiger partial charge is 0.397 e. The number of hydrogen-bond donors (Lipinski definition) is 2. The summed E-state index contributed by atoms with van der Waals surface area (Å²) in [5.74, 6) is -0.756. The van der Waals surface area contributed by atoms with Crippen LogP contribution < -0.4 is 11.1 Å². The van der Waals surface area contributed by atoms with Crippen LogP contribution in [-0.4, -0.2) is 0 Å². The average molecular weight is 220 g/mol. The molecule has 0 amide bonds. The zero-order valence-corrected chi connectivity index (χ0v) is 8.37. The number of halogens is 2. The lowest BCUT2D eigenvalue weighted by Crippen LogP contribution is -1.97. The number of rotatable bonds is 2. The Kier molecular flexibility index (Phi) is 2.72. The molecule has 16 heavy (non-hydrogen) atoms. The first kappa shape index (κ1) is 10.4. The van der Waals surface area contributed by atoms with E-state index < -0.39 is 5.82 Å². The van der Waals surface area contributed by atoms with Crippen LogP contribution in [0.5, 0.6) is 0 Å². The van der Waals surface area contributed by atoms with Crippen LogP contribution in [0.1, 0.15) is 0 Å². The van der Waals surface area contributed by atoms with Gasteiger partial charge in [-0.2, -0.15) is 0 Å². The normalized spacial score (nSPS) is 10.1. The molecule has 2 aromatic rings. The fraction of sp³-hybridized carbons (Fsp3) is 0. The fourth-order valence-corrected chi connectivity index (χ4v) is 1.36. The number of benzene rings is 2. The van der Waals surface area contributed by atoms with Gasteiger partial charge in [-0.3, -0.25) is 0 Å². The molecule has 0 aromatic heterocycles. The minimum absolute atomic E-state index is 0.361. The minimum atomic E-state index is -0.395. The van der Waals surface area contributed by atoms with E-state index in [1.807, 2.05) is 0 Å². The SMILES string of the molecule is Nc1ccc(F)cc1Nc1cccc(F)c1. The molecule has 0 aliphatic carbocycles. The first-order valence-corrected chi connectivity index (χ1v) is 4.73. The van der Waals surface area contributed by atoms with Crippen LogP contribution in [0, 0.1) is 11.6 Å². The Bertz CT molecular complexity index is 512. The standard InChI is InChI=1S/C12H10F2N2/c13-8-2-1-3-10(6-8)16-12-7-9(14)4-5-11(12)15/h1-7,16H,15H2. The van der Waals surface area contributed by atoms with Crippen LogP contribution in [0.25, 0.3) is 0 Å². The molecule has 0 fully saturated rings. The average Bonchev–Trinajstić information content (AvgIpc) is 2.24. The quantitative estimate of drug-likeness (QED) is 0.762. The van der Waals surface area contributed by atoms with Gasteiger partial charge in [0, 0.05) is 5.69 Å². The van der Waals surface area contributed by atoms with Gasteiger partial charge in [0.2, 0.25) is 0 Å². The van der Waals surface area contributed by atoms with Gasteiger partial charge in [-0.15, -0.1) is 0 Å². The number of hydrogen-bond acceptors (Lipinski definition) is 2. The summed E-state index contributed by atoms with van der Waals surface area (Å²) in [5, 5.41) is 2.85. The molecule has 2 nitrogen and oxygen atoms in total. The van der Waals surface area contributed by atoms with Crippen molar-refractivity contribution >= 4 is 17.1 Å². The molecule has 0 aliphatic rings. The van der Waals surface area contributed by atoms with E-state index in [1.54, 1.807) is 12.1 Å². The molecule has 0 heterocycles. The molecule has 3 N–H and O–H groups in total. The van der Waals surface area contributed by atoms with Gasteiger partial charge in [0.25, 0.3) is 0 Å². The van der Waals surface area contributed by atoms with E-state index in [-0.39, 0.29) is 5.82 Å². The van der Waals surface area contributed by atoms with Crippen LogP contribution in [0.3, 0.4) is 0 Å². The summed E-state index contributed by atoms with van der Waals surface area (Å²) in [7, 11) is 0. The highest BCUT2D eigenvalue weighted by Crippen LogP contribution is 2.24. The molecule has 2 rings (SSSR count). The highest BCUT2D eigenvalue weighted by molar-refractivity contribution is 5.72. The minimum Gasteiger partial charge on any atom is -0.397 e. The number of nitrogens with two attached hydrogens (primary N) is 1. The monoisotopic (exact) mass is 220 g/mol. The summed E-state index contributed by atoms with van der Waals surface area (Å²) < 4.78 is 25.9. The van der Waals surface area contributed by atoms with Crippen LogP contribution in [-0.2, 0) is 0 Å². The molecule has 0 saturated heterocycles. The molecule has 0 unspecified atom stereocenters. The third kappa shape index (κ3) is 2.28. The second kappa shape index (κ2) is 4.18. The van der Waals surface area contributed by atoms with Crippen molar-refractivity contribution in [3.8, 4) is 0 Å². The maximum Gasteiger partial charge on any atom is 0.125 e. The van der Waals surface area contributed by atoms with E-state index in [2.05, 4.69) is 5.32 Å². The highest BCUT2D eigenvalue weighted by Gasteiger charge is 2.02. The van der Waals surface area contributed by atoms with Gasteiger partial charge in [0.05, 0.1) is 11.4 Å². The molecule has 0 atom stereocenters. The van der Waals surface area contributed by atoms with Crippen molar-refractivity contribution in [3.63, 3.8) is 0 Å². The fourth-order valence-electron chi connectivity index (χ4n) is 1.36. The van der Waals surface area contributed by atoms with Crippen molar-refractivity contribution < 1.29 is 8.78 Å². The Morgan fingerprint density at radius 2 is 1.69 bits per heavy atom. The Labute approximate surface area is 91.7 Å². The highest BCUT2D eigenvalue weighted by atomic mass is 19.1. The van der Waals surface area contributed by atoms with Crippen molar-refractivity contribution in [2.24, 2.45) is 0 Å². The number of nitrogen functional groups attached to an aromatic ring is 1. The first-order valence-electron chi connectivity index (χ1n) is 4.73. The van der Waals surface area contributed by atoms with Gasteiger partial charge in [0.15, 0.2) is 0 Å². The van der Waals surface area contributed by atoms with E-state index in [0.29, 0.717) is 17.1 Å². The van der Waals surface area contributed by atoms with Crippen LogP contribution >= 0.6 is 0 Å². The van der Waals surface area contributed by atoms with Gasteiger partial charge >= 0.3 is 0 Å². The van der Waals surface area contributed by atoms with Crippen molar-refractivity contribution in [1.29, 1.82) is 0 Å². The number of anilines is 3. The Hall–Kier alpha value is -2.10. The molecule has 0 saturated carbocycles. The van der Waals surface area contributed by atoms with E-state index in [1.165, 1.54) is 30.3 Å². The zero-order chi connectivity index (χ0) is 11.5. The van der Waals surface area contributed by atoms with Crippen molar-refractivity contribution in [2.75, 3.05) is 11.1 Å². The number of nitrogens with one attached hydrogen (secondary N) is 1. The topological polar surface area (TPSA) is 38.0 Å². The zero-order valence-electron chi connectivity index (χ0n) is 8.37. The van der Waals surface area contributed by atoms with E-state index >= 15 is 0 Å². The first-order chi connectivity index (χ1) is 7.65. The summed E-state index contributed by atoms with van der Waals surface area (Å²) in [4.78, 5) is 0. The van der Waals surface area contributed by atoms with E-state index in [0.717, 1.165) is 0 Å². The molecule has 0 radical (unpaired) electrons. The van der Waals surface area contributed by atoms with Gasteiger partial charge in [-0.25, -0.2) is 8.78 Å². The third-order valence-corrected chi connectivity index (χ3v) is 2.12. The summed E-state index contributed by atoms with van der Waals surface area (Å²) in [6, 6.07) is 9.87. The molecule has 0 spiro atoms. The van der Waals surface area contributed by atoms with Crippen LogP contribution in [0.4, 0.5) is 25.8 Å². The molecular weight excluding hydrogens is 210 g/mol. The summed E-state index contributed by atoms with van der Waals surface area (Å²) in [6.07, 6.45) is 0. The lowest BCUT2D eigenvalue weighted by atomic mass is 10.2. The summed E-state index contributed by atoms with van der Waals surface area (Å²) in [5.41, 5.74) is 7.01. The maximum atomic E-state index is 13.0. The second-order valence-corrected chi connectivity index (χ2v) is 3.37. The second-order valence-electron chi connectivity index (χ2n) is 3.37. The Morgan fingerprint density at radius 3 is 2.44 bits per heavy atom. The van der Waals surface area contributed by atoms with Crippen LogP contribution in [0.15, 0.2) is 42.5 Å². The van der Waals surface area contributed by atoms with Crippen molar-refractivity contribution in [2.45, 2.75) is 0 Å². The Balaban J connectivity index is 2.30. The molecule has 4 heteroatoms. The van der Waals surface area contributed by atoms with Crippen molar-refractivity contribution in [1.82, 2.24) is 0 Å². The van der Waals surface area contributed by atoms with Gasteiger partial charge < -0.3 is 11.1 Å². The van der Waals surface area contributed by atoms with E-state index in [4.69, 9.17) is 5.73 Å². The smallest absolute Gasteiger partial charge is 0.125 e. The maximum absolute atomic E-state index is 13.0. The van der Waals surface area contributed by atoms with E-state index in [9.17, 15) is 8.78 Å². The predicted octanol–water partition coefficient (Wildman–Crippen LogP) is 3.29. The molecule has 0 aliphatic heterocycles. The molecule has 2 aromatic carbocycles. The lowest BCUT2D eigenvalue weighted by Gasteiger charge is -2.09. The molecule has 82 valence electrons. The van der Waals surface area contributed by atoms with Gasteiger partial charge in [0.1, 0.15) is 11.6 Å². The molecule has 0 bridgehead atoms. The van der Waals surface area contributed by atoms with Gasteiger partial charge in [-0.05, 0) is 36.4 Å². The lowest BCUT2D eigenvalue weighted by molar-refractivity contribution is 0.628. The molecular formula is C12H10F2N2. The summed E-state index contributed by atoms with van der Waals surface area (Å²) in [6.45, 7) is 0. The Morgan fingerprint density at radius 1 is 0.938 bits per heavy atom. The van der Waals surface area contributed by atoms with Crippen molar-refractivity contribution in [3.05, 3.63) is 54.1 Å². The predicted molar refractivity (Wildman–Crippen MR) is 60.5 cm³/mol. The van der Waals surface area contributed by atoms with Crippen LogP contribution in [0.2, 0.25) is 0 Å².